The monoisotopic (exact) mass is 520 g/mol. The van der Waals surface area contributed by atoms with Crippen LogP contribution in [0.15, 0.2) is 36.7 Å². The molecule has 1 saturated heterocycles. The molecule has 1 amide bonds. The molecule has 2 aromatic heterocycles. The maximum Gasteiger partial charge on any atom is 0.260 e. The number of pyridine rings is 1. The van der Waals surface area contributed by atoms with Gasteiger partial charge in [0.1, 0.15) is 23.1 Å². The van der Waals surface area contributed by atoms with Gasteiger partial charge in [-0.05, 0) is 54.2 Å². The Labute approximate surface area is 222 Å². The number of hydrogen-bond donors (Lipinski definition) is 1. The predicted octanol–water partition coefficient (Wildman–Crippen LogP) is 4.52. The Morgan fingerprint density at radius 3 is 2.70 bits per heavy atom. The number of nitrogens with zero attached hydrogens (tertiary/aromatic N) is 5. The third-order valence-electron chi connectivity index (χ3n) is 8.27. The second kappa shape index (κ2) is 9.82. The molecule has 3 aromatic rings. The number of fused-ring (bicyclic) bond motifs is 1. The van der Waals surface area contributed by atoms with Gasteiger partial charge in [0, 0.05) is 36.5 Å². The summed E-state index contributed by atoms with van der Waals surface area (Å²) in [5, 5.41) is 12.5. The molecule has 1 saturated carbocycles. The Morgan fingerprint density at radius 2 is 2.03 bits per heavy atom. The van der Waals surface area contributed by atoms with Gasteiger partial charge in [-0.2, -0.15) is 0 Å². The highest BCUT2D eigenvalue weighted by molar-refractivity contribution is 6.29. The molecule has 0 bridgehead atoms. The van der Waals surface area contributed by atoms with E-state index in [0.29, 0.717) is 43.2 Å². The fourth-order valence-corrected chi connectivity index (χ4v) is 6.19. The van der Waals surface area contributed by atoms with Crippen molar-refractivity contribution in [1.82, 2.24) is 25.1 Å². The Morgan fingerprint density at radius 1 is 1.22 bits per heavy atom. The Hall–Kier alpha value is -2.81. The van der Waals surface area contributed by atoms with E-state index < -0.39 is 0 Å². The summed E-state index contributed by atoms with van der Waals surface area (Å²) >= 11 is 6.49. The molecule has 8 nitrogen and oxygen atoms in total. The van der Waals surface area contributed by atoms with E-state index in [4.69, 9.17) is 16.3 Å². The average Bonchev–Trinajstić information content (AvgIpc) is 3.60. The molecular weight excluding hydrogens is 488 g/mol. The van der Waals surface area contributed by atoms with Gasteiger partial charge in [0.25, 0.3) is 5.91 Å². The van der Waals surface area contributed by atoms with Crippen molar-refractivity contribution in [3.05, 3.63) is 69.9 Å². The van der Waals surface area contributed by atoms with Gasteiger partial charge < -0.3 is 14.6 Å². The Kier molecular flexibility index (Phi) is 6.51. The van der Waals surface area contributed by atoms with E-state index >= 15 is 0 Å². The van der Waals surface area contributed by atoms with E-state index in [1.807, 2.05) is 29.8 Å². The number of nitrogens with one attached hydrogen (secondary N) is 1. The van der Waals surface area contributed by atoms with Gasteiger partial charge in [0.05, 0.1) is 19.8 Å². The Balaban J connectivity index is 1.26. The lowest BCUT2D eigenvalue weighted by Crippen LogP contribution is -2.49. The average molecular weight is 521 g/mol. The number of rotatable bonds is 8. The van der Waals surface area contributed by atoms with Gasteiger partial charge in [-0.3, -0.25) is 9.69 Å². The maximum atomic E-state index is 13.7. The van der Waals surface area contributed by atoms with Crippen LogP contribution in [0.4, 0.5) is 5.82 Å². The summed E-state index contributed by atoms with van der Waals surface area (Å²) in [6.07, 6.45) is 8.37. The summed E-state index contributed by atoms with van der Waals surface area (Å²) in [4.78, 5) is 20.0. The van der Waals surface area contributed by atoms with Crippen molar-refractivity contribution in [1.29, 1.82) is 0 Å². The molecule has 1 unspecified atom stereocenters. The van der Waals surface area contributed by atoms with Gasteiger partial charge >= 0.3 is 0 Å². The van der Waals surface area contributed by atoms with Gasteiger partial charge in [0.15, 0.2) is 0 Å². The first kappa shape index (κ1) is 24.5. The second-order valence-electron chi connectivity index (χ2n) is 10.8. The first-order valence-corrected chi connectivity index (χ1v) is 13.6. The molecule has 0 spiro atoms. The van der Waals surface area contributed by atoms with Gasteiger partial charge in [-0.25, -0.2) is 4.98 Å². The number of ether oxygens (including phenoxy) is 1. The number of carbonyl (C=O) groups is 1. The lowest BCUT2D eigenvalue weighted by atomic mass is 9.75. The largest absolute Gasteiger partial charge is 0.379 e. The van der Waals surface area contributed by atoms with Crippen LogP contribution in [-0.2, 0) is 30.2 Å². The van der Waals surface area contributed by atoms with Crippen molar-refractivity contribution in [2.24, 2.45) is 7.05 Å². The predicted molar refractivity (Wildman–Crippen MR) is 142 cm³/mol. The number of carbonyl (C=O) groups excluding carboxylic acids is 1. The SMILES string of the molecule is CCC(NC1CCCC1)c1cc(Cl)nc(N2Cc3ccc(C4(Cc5nncn5C)COC4)cc3C2=O)c1. The topological polar surface area (TPSA) is 85.2 Å². The summed E-state index contributed by atoms with van der Waals surface area (Å²) in [7, 11) is 1.95. The normalized spacial score (nSPS) is 19.8. The van der Waals surface area contributed by atoms with Crippen LogP contribution in [-0.4, -0.2) is 44.9 Å². The van der Waals surface area contributed by atoms with E-state index in [1.165, 1.54) is 25.7 Å². The van der Waals surface area contributed by atoms with Crippen LogP contribution in [0.5, 0.6) is 0 Å². The molecule has 2 aliphatic heterocycles. The first-order chi connectivity index (χ1) is 18.0. The van der Waals surface area contributed by atoms with Gasteiger partial charge in [-0.15, -0.1) is 10.2 Å². The number of aromatic nitrogens is 4. The fraction of sp³-hybridized carbons (Fsp3) is 0.500. The van der Waals surface area contributed by atoms with E-state index in [-0.39, 0.29) is 17.4 Å². The molecule has 4 heterocycles. The van der Waals surface area contributed by atoms with Gasteiger partial charge in [-0.1, -0.05) is 43.5 Å². The molecule has 37 heavy (non-hydrogen) atoms. The van der Waals surface area contributed by atoms with Crippen LogP contribution in [0.25, 0.3) is 0 Å². The van der Waals surface area contributed by atoms with E-state index in [0.717, 1.165) is 34.5 Å². The first-order valence-electron chi connectivity index (χ1n) is 13.3. The molecule has 194 valence electrons. The number of amides is 1. The quantitative estimate of drug-likeness (QED) is 0.440. The molecule has 2 fully saturated rings. The molecule has 3 aliphatic rings. The van der Waals surface area contributed by atoms with Crippen molar-refractivity contribution in [2.45, 2.75) is 69.5 Å². The highest BCUT2D eigenvalue weighted by Crippen LogP contribution is 2.39. The van der Waals surface area contributed by atoms with E-state index in [2.05, 4.69) is 39.6 Å². The molecule has 9 heteroatoms. The summed E-state index contributed by atoms with van der Waals surface area (Å²) in [5.41, 5.74) is 3.71. The van der Waals surface area contributed by atoms with E-state index in [1.54, 1.807) is 11.2 Å². The summed E-state index contributed by atoms with van der Waals surface area (Å²) in [6, 6.07) is 10.9. The standard InChI is InChI=1S/C28H33ClN6O2/c1-3-23(31-21-6-4-5-7-21)19-10-24(29)32-25(11-19)35-14-18-8-9-20(12-22(18)27(35)36)28(15-37-16-28)13-26-33-30-17-34(26)2/h8-12,17,21,23,31H,3-7,13-16H2,1-2H3. The third kappa shape index (κ3) is 4.56. The lowest BCUT2D eigenvalue weighted by molar-refractivity contribution is -0.0611. The zero-order chi connectivity index (χ0) is 25.6. The van der Waals surface area contributed by atoms with Crippen molar-refractivity contribution in [3.63, 3.8) is 0 Å². The summed E-state index contributed by atoms with van der Waals surface area (Å²) < 4.78 is 7.58. The van der Waals surface area contributed by atoms with Crippen LogP contribution in [0.3, 0.4) is 0 Å². The third-order valence-corrected chi connectivity index (χ3v) is 8.46. The van der Waals surface area contributed by atoms with Gasteiger partial charge in [0.2, 0.25) is 0 Å². The van der Waals surface area contributed by atoms with Crippen LogP contribution in [0.2, 0.25) is 5.15 Å². The van der Waals surface area contributed by atoms with Crippen molar-refractivity contribution < 1.29 is 9.53 Å². The second-order valence-corrected chi connectivity index (χ2v) is 11.1. The Bertz CT molecular complexity index is 1310. The zero-order valence-electron chi connectivity index (χ0n) is 21.4. The minimum atomic E-state index is -0.203. The zero-order valence-corrected chi connectivity index (χ0v) is 22.2. The van der Waals surface area contributed by atoms with Crippen LogP contribution >= 0.6 is 11.6 Å². The van der Waals surface area contributed by atoms with Crippen molar-refractivity contribution in [3.8, 4) is 0 Å². The summed E-state index contributed by atoms with van der Waals surface area (Å²) in [5.74, 6) is 1.48. The molecule has 1 atom stereocenters. The lowest BCUT2D eigenvalue weighted by Gasteiger charge is -2.41. The highest BCUT2D eigenvalue weighted by atomic mass is 35.5. The van der Waals surface area contributed by atoms with Crippen LogP contribution in [0.1, 0.15) is 77.9 Å². The molecule has 0 radical (unpaired) electrons. The minimum absolute atomic E-state index is 0.0385. The smallest absolute Gasteiger partial charge is 0.260 e. The number of hydrogen-bond acceptors (Lipinski definition) is 6. The van der Waals surface area contributed by atoms with Crippen molar-refractivity contribution in [2.75, 3.05) is 18.1 Å². The maximum absolute atomic E-state index is 13.7. The highest BCUT2D eigenvalue weighted by Gasteiger charge is 2.43. The van der Waals surface area contributed by atoms with Crippen LogP contribution in [0, 0.1) is 0 Å². The molecular formula is C28H33ClN6O2. The van der Waals surface area contributed by atoms with Crippen molar-refractivity contribution >= 4 is 23.3 Å². The van der Waals surface area contributed by atoms with E-state index in [9.17, 15) is 4.79 Å². The molecule has 1 aliphatic carbocycles. The number of anilines is 1. The fourth-order valence-electron chi connectivity index (χ4n) is 5.97. The number of halogens is 1. The molecule has 1 N–H and O–H groups in total. The minimum Gasteiger partial charge on any atom is -0.379 e. The summed E-state index contributed by atoms with van der Waals surface area (Å²) in [6.45, 7) is 3.87. The molecule has 1 aromatic carbocycles. The molecule has 6 rings (SSSR count). The number of aryl methyl sites for hydroxylation is 1. The number of benzene rings is 1. The van der Waals surface area contributed by atoms with Crippen LogP contribution < -0.4 is 10.2 Å².